The van der Waals surface area contributed by atoms with E-state index in [0.29, 0.717) is 18.0 Å². The highest BCUT2D eigenvalue weighted by atomic mass is 15.2. The molecule has 2 unspecified atom stereocenters. The van der Waals surface area contributed by atoms with E-state index in [-0.39, 0.29) is 0 Å². The number of hydrogen-bond donors (Lipinski definition) is 1. The average molecular weight is 286 g/mol. The summed E-state index contributed by atoms with van der Waals surface area (Å²) < 4.78 is 2.12. The quantitative estimate of drug-likeness (QED) is 0.943. The van der Waals surface area contributed by atoms with Gasteiger partial charge in [-0.25, -0.2) is 4.98 Å². The molecule has 0 bridgehead atoms. The summed E-state index contributed by atoms with van der Waals surface area (Å²) in [6.45, 7) is 6.44. The number of pyridine rings is 1. The first-order valence-electron chi connectivity index (χ1n) is 8.10. The van der Waals surface area contributed by atoms with Gasteiger partial charge in [0.25, 0.3) is 0 Å². The highest BCUT2D eigenvalue weighted by Gasteiger charge is 2.33. The van der Waals surface area contributed by atoms with Crippen LogP contribution in [0, 0.1) is 5.92 Å². The van der Waals surface area contributed by atoms with Gasteiger partial charge in [0.15, 0.2) is 0 Å². The summed E-state index contributed by atoms with van der Waals surface area (Å²) in [5.74, 6) is 0.500. The summed E-state index contributed by atoms with van der Waals surface area (Å²) in [5, 5.41) is 0. The van der Waals surface area contributed by atoms with Crippen LogP contribution in [0.1, 0.15) is 44.8 Å². The number of aromatic nitrogens is 2. The van der Waals surface area contributed by atoms with Crippen LogP contribution in [0.5, 0.6) is 0 Å². The molecule has 4 nitrogen and oxygen atoms in total. The molecule has 1 fully saturated rings. The first-order valence-corrected chi connectivity index (χ1v) is 8.10. The van der Waals surface area contributed by atoms with Crippen molar-refractivity contribution in [3.05, 3.63) is 36.3 Å². The molecule has 0 radical (unpaired) electrons. The summed E-state index contributed by atoms with van der Waals surface area (Å²) in [6, 6.07) is 7.02. The number of nitrogens with two attached hydrogens (primary N) is 1. The molecule has 0 aliphatic carbocycles. The summed E-state index contributed by atoms with van der Waals surface area (Å²) >= 11 is 0. The molecule has 1 saturated heterocycles. The number of nitrogens with zero attached hydrogens (tertiary/aromatic N) is 3. The van der Waals surface area contributed by atoms with Gasteiger partial charge in [0.2, 0.25) is 0 Å². The molecule has 3 heterocycles. The Bertz CT molecular complexity index is 556. The second kappa shape index (κ2) is 6.16. The van der Waals surface area contributed by atoms with Crippen LogP contribution in [0.4, 0.5) is 0 Å². The lowest BCUT2D eigenvalue weighted by Crippen LogP contribution is -2.40. The van der Waals surface area contributed by atoms with Crippen molar-refractivity contribution in [1.82, 2.24) is 14.3 Å². The van der Waals surface area contributed by atoms with Crippen molar-refractivity contribution >= 4 is 5.65 Å². The Hall–Kier alpha value is -1.39. The number of hydrogen-bond acceptors (Lipinski definition) is 3. The predicted molar refractivity (Wildman–Crippen MR) is 86.2 cm³/mol. The van der Waals surface area contributed by atoms with Gasteiger partial charge < -0.3 is 10.1 Å². The van der Waals surface area contributed by atoms with E-state index in [9.17, 15) is 0 Å². The van der Waals surface area contributed by atoms with E-state index in [1.165, 1.54) is 25.0 Å². The fourth-order valence-corrected chi connectivity index (χ4v) is 3.60. The Balaban J connectivity index is 2.03. The van der Waals surface area contributed by atoms with Gasteiger partial charge >= 0.3 is 0 Å². The van der Waals surface area contributed by atoms with Crippen LogP contribution in [0.2, 0.25) is 0 Å². The van der Waals surface area contributed by atoms with Gasteiger partial charge in [0, 0.05) is 18.4 Å². The molecular weight excluding hydrogens is 260 g/mol. The molecule has 21 heavy (non-hydrogen) atoms. The van der Waals surface area contributed by atoms with Crippen LogP contribution in [0.3, 0.4) is 0 Å². The van der Waals surface area contributed by atoms with E-state index in [2.05, 4.69) is 41.6 Å². The summed E-state index contributed by atoms with van der Waals surface area (Å²) in [5.41, 5.74) is 8.29. The molecule has 2 aromatic rings. The van der Waals surface area contributed by atoms with Gasteiger partial charge in [0.05, 0.1) is 11.7 Å². The van der Waals surface area contributed by atoms with Crippen molar-refractivity contribution in [1.29, 1.82) is 0 Å². The first-order chi connectivity index (χ1) is 10.2. The van der Waals surface area contributed by atoms with Crippen LogP contribution in [0.15, 0.2) is 30.6 Å². The molecule has 114 valence electrons. The third-order valence-electron chi connectivity index (χ3n) is 4.70. The predicted octanol–water partition coefficient (Wildman–Crippen LogP) is 2.84. The van der Waals surface area contributed by atoms with Crippen LogP contribution in [-0.2, 0) is 0 Å². The zero-order valence-electron chi connectivity index (χ0n) is 13.1. The van der Waals surface area contributed by atoms with Gasteiger partial charge in [-0.2, -0.15) is 0 Å². The molecule has 2 aromatic heterocycles. The highest BCUT2D eigenvalue weighted by Crippen LogP contribution is 2.35. The summed E-state index contributed by atoms with van der Waals surface area (Å²) in [6.07, 6.45) is 7.99. The molecule has 0 spiro atoms. The fraction of sp³-hybridized carbons (Fsp3) is 0.588. The van der Waals surface area contributed by atoms with Gasteiger partial charge in [0.1, 0.15) is 5.65 Å². The second-order valence-corrected chi connectivity index (χ2v) is 6.40. The van der Waals surface area contributed by atoms with Crippen molar-refractivity contribution in [2.24, 2.45) is 11.7 Å². The molecule has 0 saturated carbocycles. The minimum atomic E-state index is 0.345. The molecule has 1 aliphatic heterocycles. The molecule has 2 N–H and O–H groups in total. The zero-order chi connectivity index (χ0) is 14.8. The summed E-state index contributed by atoms with van der Waals surface area (Å²) in [4.78, 5) is 7.46. The minimum absolute atomic E-state index is 0.345. The lowest BCUT2D eigenvalue weighted by molar-refractivity contribution is 0.119. The third-order valence-corrected chi connectivity index (χ3v) is 4.70. The number of imidazole rings is 1. The fourth-order valence-electron chi connectivity index (χ4n) is 3.60. The molecule has 2 atom stereocenters. The number of fused-ring (bicyclic) bond motifs is 1. The maximum Gasteiger partial charge on any atom is 0.137 e. The Morgan fingerprint density at radius 3 is 2.90 bits per heavy atom. The Morgan fingerprint density at radius 1 is 1.33 bits per heavy atom. The lowest BCUT2D eigenvalue weighted by Gasteiger charge is -2.36. The maximum absolute atomic E-state index is 6.10. The largest absolute Gasteiger partial charge is 0.330 e. The normalized spacial score (nSPS) is 24.6. The van der Waals surface area contributed by atoms with Gasteiger partial charge in [-0.15, -0.1) is 0 Å². The first kappa shape index (κ1) is 14.5. The smallest absolute Gasteiger partial charge is 0.137 e. The van der Waals surface area contributed by atoms with E-state index >= 15 is 0 Å². The van der Waals surface area contributed by atoms with Crippen LogP contribution < -0.4 is 5.73 Å². The van der Waals surface area contributed by atoms with E-state index < -0.39 is 0 Å². The second-order valence-electron chi connectivity index (χ2n) is 6.40. The molecule has 1 aliphatic rings. The van der Waals surface area contributed by atoms with Crippen molar-refractivity contribution in [3.8, 4) is 0 Å². The summed E-state index contributed by atoms with van der Waals surface area (Å²) in [7, 11) is 0. The standard InChI is InChI=1S/C17H26N4/c1-13(2)21-10-6-3-7-14(11-18)17(21)15-12-20-9-5-4-8-16(20)19-15/h4-5,8-9,12-14,17H,3,6-7,10-11,18H2,1-2H3. The SMILES string of the molecule is CC(C)N1CCCCC(CN)C1c1cn2ccccc2n1. The van der Waals surface area contributed by atoms with Crippen molar-refractivity contribution < 1.29 is 0 Å². The zero-order valence-corrected chi connectivity index (χ0v) is 13.1. The lowest BCUT2D eigenvalue weighted by atomic mass is 9.92. The van der Waals surface area contributed by atoms with E-state index in [0.717, 1.165) is 18.7 Å². The Morgan fingerprint density at radius 2 is 2.19 bits per heavy atom. The molecule has 0 amide bonds. The van der Waals surface area contributed by atoms with Crippen LogP contribution in [-0.4, -0.2) is 33.4 Å². The Labute approximate surface area is 127 Å². The maximum atomic E-state index is 6.10. The van der Waals surface area contributed by atoms with Gasteiger partial charge in [-0.3, -0.25) is 4.90 Å². The molecule has 3 rings (SSSR count). The van der Waals surface area contributed by atoms with E-state index in [1.54, 1.807) is 0 Å². The molecule has 4 heteroatoms. The molecular formula is C17H26N4. The molecule has 0 aromatic carbocycles. The van der Waals surface area contributed by atoms with Crippen molar-refractivity contribution in [2.45, 2.75) is 45.2 Å². The number of likely N-dealkylation sites (tertiary alicyclic amines) is 1. The van der Waals surface area contributed by atoms with Crippen molar-refractivity contribution in [2.75, 3.05) is 13.1 Å². The third kappa shape index (κ3) is 2.83. The van der Waals surface area contributed by atoms with E-state index in [1.807, 2.05) is 12.1 Å². The number of rotatable bonds is 3. The topological polar surface area (TPSA) is 46.6 Å². The van der Waals surface area contributed by atoms with Gasteiger partial charge in [-0.1, -0.05) is 12.5 Å². The van der Waals surface area contributed by atoms with Crippen LogP contribution in [0.25, 0.3) is 5.65 Å². The van der Waals surface area contributed by atoms with Crippen LogP contribution >= 0.6 is 0 Å². The Kier molecular flexibility index (Phi) is 4.27. The average Bonchev–Trinajstić information content (AvgIpc) is 2.78. The van der Waals surface area contributed by atoms with Crippen molar-refractivity contribution in [3.63, 3.8) is 0 Å². The highest BCUT2D eigenvalue weighted by molar-refractivity contribution is 5.40. The minimum Gasteiger partial charge on any atom is -0.330 e. The monoisotopic (exact) mass is 286 g/mol. The van der Waals surface area contributed by atoms with Gasteiger partial charge in [-0.05, 0) is 57.8 Å². The van der Waals surface area contributed by atoms with E-state index in [4.69, 9.17) is 10.7 Å².